The van der Waals surface area contributed by atoms with Crippen molar-refractivity contribution in [2.45, 2.75) is 25.5 Å². The zero-order valence-electron chi connectivity index (χ0n) is 15.6. The van der Waals surface area contributed by atoms with Crippen molar-refractivity contribution in [3.05, 3.63) is 53.7 Å². The Morgan fingerprint density at radius 2 is 2.11 bits per heavy atom. The maximum absolute atomic E-state index is 12.5. The maximum atomic E-state index is 12.5. The minimum atomic E-state index is -0.372. The zero-order valence-corrected chi connectivity index (χ0v) is 15.6. The van der Waals surface area contributed by atoms with E-state index in [1.807, 2.05) is 38.4 Å². The van der Waals surface area contributed by atoms with Crippen molar-refractivity contribution in [3.63, 3.8) is 0 Å². The number of carbonyl (C=O) groups is 2. The van der Waals surface area contributed by atoms with Gasteiger partial charge in [0.25, 0.3) is 11.8 Å². The van der Waals surface area contributed by atoms with Gasteiger partial charge in [-0.15, -0.1) is 0 Å². The smallest absolute Gasteiger partial charge is 0.255 e. The lowest BCUT2D eigenvalue weighted by Gasteiger charge is -2.15. The molecule has 2 aromatic rings. The second kappa shape index (κ2) is 8.64. The number of hydrogen-bond donors (Lipinski definition) is 2. The summed E-state index contributed by atoms with van der Waals surface area (Å²) in [6.45, 7) is 0.984. The number of benzene rings is 1. The van der Waals surface area contributed by atoms with Crippen LogP contribution < -0.4 is 15.5 Å². The molecule has 0 spiro atoms. The molecule has 7 nitrogen and oxygen atoms in total. The van der Waals surface area contributed by atoms with E-state index in [-0.39, 0.29) is 17.9 Å². The van der Waals surface area contributed by atoms with Gasteiger partial charge in [-0.25, -0.2) is 4.98 Å². The van der Waals surface area contributed by atoms with Gasteiger partial charge < -0.3 is 20.3 Å². The first-order valence-electron chi connectivity index (χ1n) is 8.96. The van der Waals surface area contributed by atoms with E-state index in [9.17, 15) is 9.59 Å². The third-order valence-electron chi connectivity index (χ3n) is 4.32. The lowest BCUT2D eigenvalue weighted by atomic mass is 10.1. The van der Waals surface area contributed by atoms with Gasteiger partial charge in [-0.2, -0.15) is 0 Å². The summed E-state index contributed by atoms with van der Waals surface area (Å²) in [6, 6.07) is 10.9. The molecule has 1 aromatic heterocycles. The molecule has 3 rings (SSSR count). The fourth-order valence-electron chi connectivity index (χ4n) is 2.97. The van der Waals surface area contributed by atoms with Crippen molar-refractivity contribution in [3.8, 4) is 0 Å². The Labute approximate surface area is 158 Å². The highest BCUT2D eigenvalue weighted by atomic mass is 16.5. The standard InChI is InChI=1S/C20H24N4O3/c1-24(2)18-16(8-4-10-21-18)19(25)22-13-14-6-3-7-15(12-14)23-20(26)17-9-5-11-27-17/h3-4,6-8,10,12,17H,5,9,11,13H2,1-2H3,(H,22,25)(H,23,26)/t17-/m0/s1. The molecule has 2 N–H and O–H groups in total. The fourth-order valence-corrected chi connectivity index (χ4v) is 2.97. The Morgan fingerprint density at radius 3 is 2.85 bits per heavy atom. The predicted octanol–water partition coefficient (Wildman–Crippen LogP) is 2.20. The normalized spacial score (nSPS) is 16.0. The number of nitrogens with zero attached hydrogens (tertiary/aromatic N) is 2. The Balaban J connectivity index is 1.61. The molecular weight excluding hydrogens is 344 g/mol. The lowest BCUT2D eigenvalue weighted by molar-refractivity contribution is -0.124. The number of hydrogen-bond acceptors (Lipinski definition) is 5. The molecule has 7 heteroatoms. The molecule has 1 atom stereocenters. The van der Waals surface area contributed by atoms with Crippen LogP contribution in [-0.2, 0) is 16.1 Å². The topological polar surface area (TPSA) is 83.6 Å². The van der Waals surface area contributed by atoms with Gasteiger partial charge in [-0.1, -0.05) is 12.1 Å². The molecule has 0 aliphatic carbocycles. The number of aromatic nitrogens is 1. The highest BCUT2D eigenvalue weighted by Gasteiger charge is 2.23. The summed E-state index contributed by atoms with van der Waals surface area (Å²) in [5, 5.41) is 5.78. The minimum absolute atomic E-state index is 0.125. The highest BCUT2D eigenvalue weighted by molar-refractivity contribution is 5.98. The van der Waals surface area contributed by atoms with Crippen LogP contribution >= 0.6 is 0 Å². The summed E-state index contributed by atoms with van der Waals surface area (Å²) in [4.78, 5) is 30.7. The molecule has 142 valence electrons. The van der Waals surface area contributed by atoms with E-state index in [1.165, 1.54) is 0 Å². The van der Waals surface area contributed by atoms with Crippen LogP contribution in [0.1, 0.15) is 28.8 Å². The van der Waals surface area contributed by atoms with Crippen LogP contribution in [0.15, 0.2) is 42.6 Å². The fraction of sp³-hybridized carbons (Fsp3) is 0.350. The van der Waals surface area contributed by atoms with E-state index < -0.39 is 0 Å². The van der Waals surface area contributed by atoms with E-state index in [0.717, 1.165) is 18.4 Å². The van der Waals surface area contributed by atoms with Crippen LogP contribution in [0.5, 0.6) is 0 Å². The molecule has 0 bridgehead atoms. The molecule has 1 fully saturated rings. The van der Waals surface area contributed by atoms with Crippen molar-refractivity contribution in [2.75, 3.05) is 30.9 Å². The van der Waals surface area contributed by atoms with Crippen molar-refractivity contribution in [1.82, 2.24) is 10.3 Å². The van der Waals surface area contributed by atoms with Crippen LogP contribution in [0.4, 0.5) is 11.5 Å². The molecule has 0 radical (unpaired) electrons. The van der Waals surface area contributed by atoms with E-state index in [0.29, 0.717) is 30.2 Å². The molecule has 27 heavy (non-hydrogen) atoms. The van der Waals surface area contributed by atoms with E-state index >= 15 is 0 Å². The van der Waals surface area contributed by atoms with Gasteiger partial charge in [0.2, 0.25) is 0 Å². The SMILES string of the molecule is CN(C)c1ncccc1C(=O)NCc1cccc(NC(=O)[C@@H]2CCCO2)c1. The van der Waals surface area contributed by atoms with Crippen molar-refractivity contribution < 1.29 is 14.3 Å². The largest absolute Gasteiger partial charge is 0.368 e. The summed E-state index contributed by atoms with van der Waals surface area (Å²) in [5.41, 5.74) is 2.10. The number of ether oxygens (including phenoxy) is 1. The monoisotopic (exact) mass is 368 g/mol. The van der Waals surface area contributed by atoms with Crippen molar-refractivity contribution in [2.24, 2.45) is 0 Å². The Bertz CT molecular complexity index is 816. The summed E-state index contributed by atoms with van der Waals surface area (Å²) in [5.74, 6) is 0.299. The number of anilines is 2. The zero-order chi connectivity index (χ0) is 19.2. The average Bonchev–Trinajstić information content (AvgIpc) is 3.21. The Hall–Kier alpha value is -2.93. The van der Waals surface area contributed by atoms with Crippen LogP contribution in [0.3, 0.4) is 0 Å². The molecule has 0 saturated carbocycles. The molecule has 1 aliphatic heterocycles. The van der Waals surface area contributed by atoms with Crippen LogP contribution in [-0.4, -0.2) is 43.6 Å². The number of pyridine rings is 1. The first kappa shape index (κ1) is 18.8. The minimum Gasteiger partial charge on any atom is -0.368 e. The molecule has 1 aliphatic rings. The number of carbonyl (C=O) groups excluding carboxylic acids is 2. The maximum Gasteiger partial charge on any atom is 0.255 e. The third-order valence-corrected chi connectivity index (χ3v) is 4.32. The second-order valence-electron chi connectivity index (χ2n) is 6.64. The van der Waals surface area contributed by atoms with Gasteiger partial charge >= 0.3 is 0 Å². The predicted molar refractivity (Wildman–Crippen MR) is 104 cm³/mol. The van der Waals surface area contributed by atoms with Crippen LogP contribution in [0.2, 0.25) is 0 Å². The molecular formula is C20H24N4O3. The summed E-state index contributed by atoms with van der Waals surface area (Å²) in [7, 11) is 3.69. The Kier molecular flexibility index (Phi) is 6.03. The van der Waals surface area contributed by atoms with Crippen molar-refractivity contribution >= 4 is 23.3 Å². The van der Waals surface area contributed by atoms with Gasteiger partial charge in [-0.05, 0) is 42.7 Å². The quantitative estimate of drug-likeness (QED) is 0.817. The van der Waals surface area contributed by atoms with E-state index in [4.69, 9.17) is 4.74 Å². The lowest BCUT2D eigenvalue weighted by Crippen LogP contribution is -2.27. The summed E-state index contributed by atoms with van der Waals surface area (Å²) < 4.78 is 5.40. The van der Waals surface area contributed by atoms with Gasteiger partial charge in [0.1, 0.15) is 11.9 Å². The number of nitrogens with one attached hydrogen (secondary N) is 2. The van der Waals surface area contributed by atoms with Gasteiger partial charge in [0, 0.05) is 39.1 Å². The van der Waals surface area contributed by atoms with Crippen molar-refractivity contribution in [1.29, 1.82) is 0 Å². The van der Waals surface area contributed by atoms with Gasteiger partial charge in [0.15, 0.2) is 0 Å². The summed E-state index contributed by atoms with van der Waals surface area (Å²) in [6.07, 6.45) is 2.95. The Morgan fingerprint density at radius 1 is 1.26 bits per heavy atom. The first-order chi connectivity index (χ1) is 13.0. The van der Waals surface area contributed by atoms with E-state index in [2.05, 4.69) is 15.6 Å². The highest BCUT2D eigenvalue weighted by Crippen LogP contribution is 2.17. The van der Waals surface area contributed by atoms with Crippen LogP contribution in [0, 0.1) is 0 Å². The van der Waals surface area contributed by atoms with Gasteiger partial charge in [-0.3, -0.25) is 9.59 Å². The third kappa shape index (κ3) is 4.83. The molecule has 0 unspecified atom stereocenters. The second-order valence-corrected chi connectivity index (χ2v) is 6.64. The molecule has 2 heterocycles. The molecule has 2 amide bonds. The van der Waals surface area contributed by atoms with Crippen LogP contribution in [0.25, 0.3) is 0 Å². The average molecular weight is 368 g/mol. The van der Waals surface area contributed by atoms with Gasteiger partial charge in [0.05, 0.1) is 5.56 Å². The molecule has 1 saturated heterocycles. The molecule has 1 aromatic carbocycles. The number of rotatable bonds is 6. The number of amides is 2. The summed E-state index contributed by atoms with van der Waals surface area (Å²) >= 11 is 0. The first-order valence-corrected chi connectivity index (χ1v) is 8.96. The van der Waals surface area contributed by atoms with E-state index in [1.54, 1.807) is 23.2 Å².